The summed E-state index contributed by atoms with van der Waals surface area (Å²) in [6, 6.07) is 12.7. The zero-order valence-electron chi connectivity index (χ0n) is 11.3. The van der Waals surface area contributed by atoms with Crippen molar-refractivity contribution in [2.75, 3.05) is 0 Å². The van der Waals surface area contributed by atoms with Crippen LogP contribution >= 0.6 is 0 Å². The van der Waals surface area contributed by atoms with E-state index in [0.717, 1.165) is 5.56 Å². The number of hydrogen-bond acceptors (Lipinski definition) is 3. The fraction of sp³-hybridized carbons (Fsp3) is 0.0625. The van der Waals surface area contributed by atoms with E-state index in [1.54, 1.807) is 29.0 Å². The molecule has 21 heavy (non-hydrogen) atoms. The van der Waals surface area contributed by atoms with Crippen molar-refractivity contribution in [3.8, 4) is 0 Å². The van der Waals surface area contributed by atoms with E-state index in [2.05, 4.69) is 0 Å². The average Bonchev–Trinajstić information content (AvgIpc) is 2.52. The van der Waals surface area contributed by atoms with Crippen LogP contribution < -0.4 is 10.3 Å². The summed E-state index contributed by atoms with van der Waals surface area (Å²) in [6.45, 7) is 0.0130. The maximum Gasteiger partial charge on any atom is 0.335 e. The normalized spacial score (nSPS) is 10.5. The molecular weight excluding hydrogens is 268 g/mol. The molecule has 0 unspecified atom stereocenters. The lowest BCUT2D eigenvalue weighted by atomic mass is 10.2. The van der Waals surface area contributed by atoms with Gasteiger partial charge in [0.15, 0.2) is 12.4 Å². The molecule has 0 radical (unpaired) electrons. The molecule has 0 fully saturated rings. The zero-order valence-corrected chi connectivity index (χ0v) is 11.3. The predicted molar refractivity (Wildman–Crippen MR) is 76.7 cm³/mol. The predicted octanol–water partition coefficient (Wildman–Crippen LogP) is 1.29. The number of rotatable bonds is 5. The largest absolute Gasteiger partial charge is 0.402 e. The van der Waals surface area contributed by atoms with Gasteiger partial charge in [-0.1, -0.05) is 30.3 Å². The van der Waals surface area contributed by atoms with Gasteiger partial charge in [-0.2, -0.15) is 4.57 Å². The third kappa shape index (κ3) is 4.58. The molecule has 2 rings (SSSR count). The molecule has 0 saturated carbocycles. The van der Waals surface area contributed by atoms with Gasteiger partial charge in [-0.3, -0.25) is 4.79 Å². The number of pyridine rings is 1. The van der Waals surface area contributed by atoms with Gasteiger partial charge >= 0.3 is 5.97 Å². The molecular formula is C16H15N2O3+. The number of benzene rings is 1. The second-order valence-electron chi connectivity index (χ2n) is 4.31. The Morgan fingerprint density at radius 2 is 1.90 bits per heavy atom. The second-order valence-corrected chi connectivity index (χ2v) is 4.31. The van der Waals surface area contributed by atoms with E-state index in [0.29, 0.717) is 5.56 Å². The summed E-state index contributed by atoms with van der Waals surface area (Å²) in [5, 5.41) is 0. The molecule has 5 nitrogen and oxygen atoms in total. The minimum absolute atomic E-state index is 0.0130. The van der Waals surface area contributed by atoms with Crippen molar-refractivity contribution in [2.24, 2.45) is 5.73 Å². The highest BCUT2D eigenvalue weighted by atomic mass is 16.5. The third-order valence-electron chi connectivity index (χ3n) is 2.71. The van der Waals surface area contributed by atoms with Crippen molar-refractivity contribution in [1.82, 2.24) is 0 Å². The molecule has 5 heteroatoms. The van der Waals surface area contributed by atoms with Gasteiger partial charge in [-0.15, -0.1) is 0 Å². The molecule has 1 aromatic heterocycles. The van der Waals surface area contributed by atoms with Crippen molar-refractivity contribution >= 4 is 18.0 Å². The summed E-state index contributed by atoms with van der Waals surface area (Å²) >= 11 is 0. The molecule has 2 aromatic rings. The molecule has 1 aromatic carbocycles. The third-order valence-corrected chi connectivity index (χ3v) is 2.71. The number of carbonyl (C=O) groups excluding carboxylic acids is 2. The first-order valence-electron chi connectivity index (χ1n) is 6.34. The molecule has 2 N–H and O–H groups in total. The number of carbonyl (C=O) groups is 2. The Morgan fingerprint density at radius 1 is 1.14 bits per heavy atom. The monoisotopic (exact) mass is 283 g/mol. The van der Waals surface area contributed by atoms with E-state index in [4.69, 9.17) is 10.5 Å². The molecule has 0 aliphatic carbocycles. The molecule has 106 valence electrons. The SMILES string of the molecule is NC(=O)c1ccc[n+](COC(=O)C=Cc2ccccc2)c1. The molecule has 0 atom stereocenters. The van der Waals surface area contributed by atoms with Gasteiger partial charge in [-0.25, -0.2) is 4.79 Å². The molecule has 0 bridgehead atoms. The Kier molecular flexibility index (Phi) is 4.82. The van der Waals surface area contributed by atoms with Crippen LogP contribution in [0.5, 0.6) is 0 Å². The van der Waals surface area contributed by atoms with Crippen molar-refractivity contribution in [3.05, 3.63) is 72.1 Å². The number of aromatic nitrogens is 1. The lowest BCUT2D eigenvalue weighted by Gasteiger charge is -1.99. The molecule has 1 heterocycles. The van der Waals surface area contributed by atoms with E-state index in [1.807, 2.05) is 30.3 Å². The van der Waals surface area contributed by atoms with Crippen LogP contribution in [0.25, 0.3) is 6.08 Å². The van der Waals surface area contributed by atoms with Crippen LogP contribution in [0.3, 0.4) is 0 Å². The number of hydrogen-bond donors (Lipinski definition) is 1. The lowest BCUT2D eigenvalue weighted by molar-refractivity contribution is -0.727. The van der Waals surface area contributed by atoms with Crippen LogP contribution in [0.2, 0.25) is 0 Å². The number of amides is 1. The molecule has 0 aliphatic heterocycles. The quantitative estimate of drug-likeness (QED) is 0.510. The van der Waals surface area contributed by atoms with Crippen LogP contribution in [0.15, 0.2) is 60.9 Å². The molecule has 1 amide bonds. The summed E-state index contributed by atoms with van der Waals surface area (Å²) in [7, 11) is 0. The van der Waals surface area contributed by atoms with Gasteiger partial charge in [0.1, 0.15) is 5.56 Å². The van der Waals surface area contributed by atoms with E-state index >= 15 is 0 Å². The summed E-state index contributed by atoms with van der Waals surface area (Å²) in [6.07, 6.45) is 6.23. The number of primary amides is 1. The number of nitrogens with zero attached hydrogens (tertiary/aromatic N) is 1. The highest BCUT2D eigenvalue weighted by Crippen LogP contribution is 2.01. The Labute approximate surface area is 122 Å². The number of ether oxygens (including phenoxy) is 1. The van der Waals surface area contributed by atoms with Crippen molar-refractivity contribution in [3.63, 3.8) is 0 Å². The fourth-order valence-electron chi connectivity index (χ4n) is 1.66. The maximum absolute atomic E-state index is 11.6. The Balaban J connectivity index is 1.91. The minimum atomic E-state index is -0.528. The Bertz CT molecular complexity index is 666. The van der Waals surface area contributed by atoms with E-state index in [1.165, 1.54) is 12.3 Å². The first kappa shape index (κ1) is 14.5. The van der Waals surface area contributed by atoms with E-state index in [-0.39, 0.29) is 6.73 Å². The van der Waals surface area contributed by atoms with Crippen molar-refractivity contribution in [2.45, 2.75) is 6.73 Å². The first-order chi connectivity index (χ1) is 10.1. The molecule has 0 saturated heterocycles. The Morgan fingerprint density at radius 3 is 2.62 bits per heavy atom. The van der Waals surface area contributed by atoms with Crippen LogP contribution in [-0.2, 0) is 16.3 Å². The van der Waals surface area contributed by atoms with Crippen molar-refractivity contribution < 1.29 is 18.9 Å². The minimum Gasteiger partial charge on any atom is -0.402 e. The maximum atomic E-state index is 11.6. The van der Waals surface area contributed by atoms with Gasteiger partial charge in [0.25, 0.3) is 12.6 Å². The molecule has 0 aliphatic rings. The highest BCUT2D eigenvalue weighted by molar-refractivity contribution is 5.92. The standard InChI is InChI=1S/C16H14N2O3/c17-16(20)14-7-4-10-18(11-14)12-21-15(19)9-8-13-5-2-1-3-6-13/h1-11H,12H2,(H-,17,20)/p+1. The van der Waals surface area contributed by atoms with Crippen LogP contribution in [0.1, 0.15) is 15.9 Å². The average molecular weight is 283 g/mol. The summed E-state index contributed by atoms with van der Waals surface area (Å²) < 4.78 is 6.63. The van der Waals surface area contributed by atoms with Gasteiger partial charge in [0.2, 0.25) is 0 Å². The summed E-state index contributed by atoms with van der Waals surface area (Å²) in [5.41, 5.74) is 6.45. The molecule has 0 spiro atoms. The van der Waals surface area contributed by atoms with Crippen molar-refractivity contribution in [1.29, 1.82) is 0 Å². The van der Waals surface area contributed by atoms with Crippen LogP contribution in [0.4, 0.5) is 0 Å². The zero-order chi connectivity index (χ0) is 15.1. The smallest absolute Gasteiger partial charge is 0.335 e. The van der Waals surface area contributed by atoms with Crippen LogP contribution in [0, 0.1) is 0 Å². The second kappa shape index (κ2) is 7.00. The van der Waals surface area contributed by atoms with Gasteiger partial charge in [-0.05, 0) is 17.7 Å². The van der Waals surface area contributed by atoms with E-state index in [9.17, 15) is 9.59 Å². The Hall–Kier alpha value is -2.95. The van der Waals surface area contributed by atoms with Gasteiger partial charge in [0.05, 0.1) is 0 Å². The lowest BCUT2D eigenvalue weighted by Crippen LogP contribution is -2.36. The first-order valence-corrected chi connectivity index (χ1v) is 6.34. The van der Waals surface area contributed by atoms with Crippen LogP contribution in [-0.4, -0.2) is 11.9 Å². The topological polar surface area (TPSA) is 73.3 Å². The summed E-state index contributed by atoms with van der Waals surface area (Å²) in [4.78, 5) is 22.6. The number of nitrogens with two attached hydrogens (primary N) is 1. The fourth-order valence-corrected chi connectivity index (χ4v) is 1.66. The van der Waals surface area contributed by atoms with E-state index < -0.39 is 11.9 Å². The van der Waals surface area contributed by atoms with Gasteiger partial charge in [0, 0.05) is 12.1 Å². The van der Waals surface area contributed by atoms with Gasteiger partial charge < -0.3 is 10.5 Å². The summed E-state index contributed by atoms with van der Waals surface area (Å²) in [5.74, 6) is -0.990. The number of esters is 1. The highest BCUT2D eigenvalue weighted by Gasteiger charge is 2.08.